The van der Waals surface area contributed by atoms with E-state index in [0.717, 1.165) is 18.2 Å². The Morgan fingerprint density at radius 2 is 1.86 bits per heavy atom. The number of aromatic nitrogens is 5. The Labute approximate surface area is 240 Å². The molecule has 0 saturated carbocycles. The van der Waals surface area contributed by atoms with Gasteiger partial charge in [-0.1, -0.05) is 36.4 Å². The van der Waals surface area contributed by atoms with E-state index in [9.17, 15) is 15.0 Å². The molecule has 4 atom stereocenters. The van der Waals surface area contributed by atoms with Crippen LogP contribution in [-0.4, -0.2) is 78.6 Å². The molecule has 4 N–H and O–H groups in total. The number of ether oxygens (including phenoxy) is 2. The number of nitrogens with zero attached hydrogens (tertiary/aromatic N) is 5. The van der Waals surface area contributed by atoms with Crippen LogP contribution in [0.25, 0.3) is 22.1 Å². The molecule has 5 aromatic rings. The number of aliphatic hydroxyl groups excluding tert-OH is 2. The molecule has 12 heteroatoms. The number of fused-ring (bicyclic) bond motifs is 3. The van der Waals surface area contributed by atoms with E-state index in [4.69, 9.17) is 9.47 Å². The lowest BCUT2D eigenvalue weighted by Crippen LogP contribution is -2.47. The van der Waals surface area contributed by atoms with Crippen molar-refractivity contribution in [2.24, 2.45) is 0 Å². The van der Waals surface area contributed by atoms with Crippen LogP contribution in [0, 0.1) is 0 Å². The lowest BCUT2D eigenvalue weighted by Gasteiger charge is -2.23. The summed E-state index contributed by atoms with van der Waals surface area (Å²) < 4.78 is 13.2. The van der Waals surface area contributed by atoms with Gasteiger partial charge in [-0.05, 0) is 36.1 Å². The summed E-state index contributed by atoms with van der Waals surface area (Å²) in [6.07, 6.45) is 1.68. The van der Waals surface area contributed by atoms with Gasteiger partial charge >= 0.3 is 0 Å². The zero-order valence-electron chi connectivity index (χ0n) is 22.7. The highest BCUT2D eigenvalue weighted by atomic mass is 16.5. The Morgan fingerprint density at radius 3 is 2.62 bits per heavy atom. The summed E-state index contributed by atoms with van der Waals surface area (Å²) in [5.74, 6) is 0.556. The number of hydrogen-bond donors (Lipinski definition) is 4. The summed E-state index contributed by atoms with van der Waals surface area (Å²) in [6.45, 7) is -0.442. The summed E-state index contributed by atoms with van der Waals surface area (Å²) in [5, 5.41) is 28.1. The molecular weight excluding hydrogens is 538 g/mol. The van der Waals surface area contributed by atoms with Crippen LogP contribution in [0.15, 0.2) is 67.3 Å². The maximum absolute atomic E-state index is 13.5. The third-order valence-corrected chi connectivity index (χ3v) is 8.00. The molecule has 1 saturated heterocycles. The lowest BCUT2D eigenvalue weighted by atomic mass is 10.1. The van der Waals surface area contributed by atoms with Crippen LogP contribution in [0.3, 0.4) is 0 Å². The summed E-state index contributed by atoms with van der Waals surface area (Å²) in [4.78, 5) is 31.4. The van der Waals surface area contributed by atoms with Gasteiger partial charge in [-0.2, -0.15) is 0 Å². The van der Waals surface area contributed by atoms with Gasteiger partial charge < -0.3 is 30.3 Å². The maximum atomic E-state index is 13.5. The van der Waals surface area contributed by atoms with Crippen molar-refractivity contribution in [1.82, 2.24) is 29.8 Å². The summed E-state index contributed by atoms with van der Waals surface area (Å²) >= 11 is 0. The van der Waals surface area contributed by atoms with E-state index < -0.39 is 37.0 Å². The third-order valence-electron chi connectivity index (χ3n) is 8.00. The summed E-state index contributed by atoms with van der Waals surface area (Å²) in [7, 11) is 1.53. The predicted molar refractivity (Wildman–Crippen MR) is 153 cm³/mol. The van der Waals surface area contributed by atoms with Crippen molar-refractivity contribution >= 4 is 33.8 Å². The van der Waals surface area contributed by atoms with Crippen LogP contribution in [0.4, 0.5) is 5.82 Å². The SMILES string of the molecule is COc1cc(C(=O)N[C@@H]2[C@H](O)[C@@H](CO)O[C@H]2n2cnc3c(NC4Cc5ccccc5C4)ncnc32)nc2ccccc12. The topological polar surface area (TPSA) is 157 Å². The van der Waals surface area contributed by atoms with Gasteiger partial charge in [0.2, 0.25) is 0 Å². The second-order valence-electron chi connectivity index (χ2n) is 10.5. The largest absolute Gasteiger partial charge is 0.496 e. The van der Waals surface area contributed by atoms with Gasteiger partial charge in [-0.3, -0.25) is 9.36 Å². The minimum atomic E-state index is -1.21. The fourth-order valence-corrected chi connectivity index (χ4v) is 5.94. The number of methoxy groups -OCH3 is 1. The predicted octanol–water partition coefficient (Wildman–Crippen LogP) is 2.01. The Balaban J connectivity index is 1.17. The van der Waals surface area contributed by atoms with Crippen molar-refractivity contribution in [2.45, 2.75) is 43.4 Å². The van der Waals surface area contributed by atoms with E-state index in [1.165, 1.54) is 24.6 Å². The van der Waals surface area contributed by atoms with Gasteiger partial charge in [-0.25, -0.2) is 19.9 Å². The van der Waals surface area contributed by atoms with Crippen LogP contribution in [0.2, 0.25) is 0 Å². The molecule has 2 aliphatic rings. The number of imidazole rings is 1. The number of anilines is 1. The smallest absolute Gasteiger partial charge is 0.270 e. The molecule has 1 amide bonds. The van der Waals surface area contributed by atoms with Crippen LogP contribution < -0.4 is 15.4 Å². The molecule has 2 aromatic carbocycles. The number of hydrogen-bond acceptors (Lipinski definition) is 10. The highest BCUT2D eigenvalue weighted by Gasteiger charge is 2.46. The highest BCUT2D eigenvalue weighted by Crippen LogP contribution is 2.34. The van der Waals surface area contributed by atoms with E-state index in [1.54, 1.807) is 23.0 Å². The molecule has 1 aliphatic heterocycles. The molecular formula is C30H29N7O5. The quantitative estimate of drug-likeness (QED) is 0.229. The fraction of sp³-hybridized carbons (Fsp3) is 0.300. The molecule has 0 radical (unpaired) electrons. The Kier molecular flexibility index (Phi) is 6.65. The third kappa shape index (κ3) is 4.49. The first-order valence-corrected chi connectivity index (χ1v) is 13.7. The second-order valence-corrected chi connectivity index (χ2v) is 10.5. The number of nitrogens with one attached hydrogen (secondary N) is 2. The first-order valence-electron chi connectivity index (χ1n) is 13.7. The molecule has 12 nitrogen and oxygen atoms in total. The monoisotopic (exact) mass is 567 g/mol. The Morgan fingerprint density at radius 1 is 1.10 bits per heavy atom. The number of aliphatic hydroxyl groups is 2. The normalized spacial score (nSPS) is 22.0. The maximum Gasteiger partial charge on any atom is 0.270 e. The van der Waals surface area contributed by atoms with Crippen LogP contribution in [0.5, 0.6) is 5.75 Å². The molecule has 0 spiro atoms. The molecule has 0 unspecified atom stereocenters. The molecule has 0 bridgehead atoms. The van der Waals surface area contributed by atoms with E-state index in [2.05, 4.69) is 42.7 Å². The van der Waals surface area contributed by atoms with Gasteiger partial charge in [0, 0.05) is 17.5 Å². The van der Waals surface area contributed by atoms with Crippen molar-refractivity contribution < 1.29 is 24.5 Å². The number of amides is 1. The van der Waals surface area contributed by atoms with Crippen molar-refractivity contribution in [2.75, 3.05) is 19.0 Å². The molecule has 7 rings (SSSR count). The molecule has 3 aromatic heterocycles. The van der Waals surface area contributed by atoms with Crippen molar-refractivity contribution in [1.29, 1.82) is 0 Å². The van der Waals surface area contributed by atoms with Gasteiger partial charge in [0.1, 0.15) is 36.0 Å². The van der Waals surface area contributed by atoms with Crippen molar-refractivity contribution in [3.05, 3.63) is 84.1 Å². The molecule has 4 heterocycles. The zero-order chi connectivity index (χ0) is 28.8. The Bertz CT molecular complexity index is 1770. The number of carbonyl (C=O) groups is 1. The summed E-state index contributed by atoms with van der Waals surface area (Å²) in [5.41, 5.74) is 4.33. The molecule has 214 valence electrons. The number of carbonyl (C=O) groups excluding carboxylic acids is 1. The number of rotatable bonds is 7. The number of pyridine rings is 1. The minimum Gasteiger partial charge on any atom is -0.496 e. The first kappa shape index (κ1) is 26.3. The zero-order valence-corrected chi connectivity index (χ0v) is 22.7. The van der Waals surface area contributed by atoms with Crippen molar-refractivity contribution in [3.8, 4) is 5.75 Å². The van der Waals surface area contributed by atoms with E-state index in [1.807, 2.05) is 30.3 Å². The van der Waals surface area contributed by atoms with Crippen LogP contribution >= 0.6 is 0 Å². The summed E-state index contributed by atoms with van der Waals surface area (Å²) in [6, 6.07) is 16.5. The molecule has 1 fully saturated rings. The van der Waals surface area contributed by atoms with E-state index in [-0.39, 0.29) is 11.7 Å². The number of para-hydroxylation sites is 1. The van der Waals surface area contributed by atoms with Crippen LogP contribution in [0.1, 0.15) is 27.8 Å². The van der Waals surface area contributed by atoms with Gasteiger partial charge in [0.05, 0.1) is 25.6 Å². The van der Waals surface area contributed by atoms with Crippen molar-refractivity contribution in [3.63, 3.8) is 0 Å². The average molecular weight is 568 g/mol. The van der Waals surface area contributed by atoms with E-state index in [0.29, 0.717) is 28.2 Å². The van der Waals surface area contributed by atoms with E-state index >= 15 is 0 Å². The molecule has 42 heavy (non-hydrogen) atoms. The van der Waals surface area contributed by atoms with Gasteiger partial charge in [-0.15, -0.1) is 0 Å². The lowest BCUT2D eigenvalue weighted by molar-refractivity contribution is -0.0440. The Hall–Kier alpha value is -4.65. The minimum absolute atomic E-state index is 0.116. The van der Waals surface area contributed by atoms with Gasteiger partial charge in [0.25, 0.3) is 5.91 Å². The first-order chi connectivity index (χ1) is 20.5. The molecule has 1 aliphatic carbocycles. The number of benzene rings is 2. The standard InChI is InChI=1S/C30H29N7O5/c1-41-22-12-21(35-20-9-5-4-8-19(20)22)29(40)36-24-26(39)23(13-38)42-30(24)37-15-33-25-27(31-14-32-28(25)37)34-18-10-16-6-2-3-7-17(16)11-18/h2-9,12,14-15,18,23-24,26,30,38-39H,10-11,13H2,1H3,(H,36,40)(H,31,32,34)/t23-,24-,26-,30-/m1/s1. The second kappa shape index (κ2) is 10.6. The fourth-order valence-electron chi connectivity index (χ4n) is 5.94. The van der Waals surface area contributed by atoms with Crippen LogP contribution in [-0.2, 0) is 17.6 Å². The highest BCUT2D eigenvalue weighted by molar-refractivity contribution is 5.97. The average Bonchev–Trinajstić information content (AvgIpc) is 3.72. The van der Waals surface area contributed by atoms with Gasteiger partial charge in [0.15, 0.2) is 23.2 Å².